The van der Waals surface area contributed by atoms with Gasteiger partial charge in [0.05, 0.1) is 24.2 Å². The van der Waals surface area contributed by atoms with E-state index in [0.29, 0.717) is 5.75 Å². The minimum absolute atomic E-state index is 0.0767. The number of aliphatic hydroxyl groups is 3. The van der Waals surface area contributed by atoms with Crippen LogP contribution in [0.5, 0.6) is 0 Å². The fourth-order valence-corrected chi connectivity index (χ4v) is 1.63. The fourth-order valence-electron chi connectivity index (χ4n) is 0.925. The van der Waals surface area contributed by atoms with Gasteiger partial charge in [0.2, 0.25) is 0 Å². The summed E-state index contributed by atoms with van der Waals surface area (Å²) in [4.78, 5) is 10.8. The van der Waals surface area contributed by atoms with Crippen molar-refractivity contribution in [2.45, 2.75) is 11.0 Å². The van der Waals surface area contributed by atoms with Crippen LogP contribution in [0.2, 0.25) is 0 Å². The van der Waals surface area contributed by atoms with Crippen molar-refractivity contribution in [1.29, 1.82) is 0 Å². The van der Waals surface area contributed by atoms with Crippen LogP contribution in [0.15, 0.2) is 29.2 Å². The normalized spacial score (nSPS) is 11.4. The molecule has 0 saturated carbocycles. The van der Waals surface area contributed by atoms with Crippen LogP contribution in [0.4, 0.5) is 5.69 Å². The molecule has 0 amide bonds. The molecule has 0 radical (unpaired) electrons. The van der Waals surface area contributed by atoms with Crippen LogP contribution >= 0.6 is 11.8 Å². The summed E-state index contributed by atoms with van der Waals surface area (Å²) in [5, 5.41) is 35.2. The number of thioether (sulfide) groups is 1. The van der Waals surface area contributed by atoms with E-state index in [9.17, 15) is 10.1 Å². The van der Waals surface area contributed by atoms with E-state index in [1.54, 1.807) is 12.1 Å². The molecule has 0 aliphatic rings. The molecule has 0 heterocycles. The first kappa shape index (κ1) is 17.8. The Morgan fingerprint density at radius 3 is 2.53 bits per heavy atom. The Balaban J connectivity index is 0.000000459. The van der Waals surface area contributed by atoms with E-state index in [4.69, 9.17) is 21.1 Å². The van der Waals surface area contributed by atoms with Gasteiger partial charge in [-0.25, -0.2) is 0 Å². The molecule has 8 heteroatoms. The summed E-state index contributed by atoms with van der Waals surface area (Å²) in [5.41, 5.74) is 4.96. The molecular formula is C11H18N2O5S. The Bertz CT molecular complexity index is 374. The zero-order chi connectivity index (χ0) is 14.7. The van der Waals surface area contributed by atoms with Gasteiger partial charge in [-0.05, 0) is 6.07 Å². The van der Waals surface area contributed by atoms with Gasteiger partial charge in [0.15, 0.2) is 0 Å². The van der Waals surface area contributed by atoms with Crippen molar-refractivity contribution in [3.63, 3.8) is 0 Å². The standard InChI is InChI=1S/C8H9NO3S.C3H9NO2/c10-4-5-13-8-3-1-2-7(6-8)9(11)12;4-1-3(6)2-5/h1-3,6,10H,4-5H2;3,5-6H,1-2,4H2. The van der Waals surface area contributed by atoms with E-state index in [-0.39, 0.29) is 25.4 Å². The molecule has 1 aromatic carbocycles. The Morgan fingerprint density at radius 2 is 2.11 bits per heavy atom. The molecule has 0 fully saturated rings. The lowest BCUT2D eigenvalue weighted by molar-refractivity contribution is -0.385. The Labute approximate surface area is 115 Å². The molecule has 0 bridgehead atoms. The molecule has 1 rings (SSSR count). The van der Waals surface area contributed by atoms with Crippen molar-refractivity contribution in [1.82, 2.24) is 0 Å². The number of nitro groups is 1. The summed E-state index contributed by atoms with van der Waals surface area (Å²) >= 11 is 1.40. The maximum atomic E-state index is 10.4. The van der Waals surface area contributed by atoms with Gasteiger partial charge in [-0.1, -0.05) is 6.07 Å². The van der Waals surface area contributed by atoms with Crippen molar-refractivity contribution in [2.24, 2.45) is 5.73 Å². The molecule has 19 heavy (non-hydrogen) atoms. The molecule has 0 saturated heterocycles. The quantitative estimate of drug-likeness (QED) is 0.329. The van der Waals surface area contributed by atoms with Crippen molar-refractivity contribution in [3.05, 3.63) is 34.4 Å². The van der Waals surface area contributed by atoms with E-state index < -0.39 is 11.0 Å². The van der Waals surface area contributed by atoms with Gasteiger partial charge in [0.25, 0.3) is 5.69 Å². The smallest absolute Gasteiger partial charge is 0.270 e. The van der Waals surface area contributed by atoms with Crippen molar-refractivity contribution in [3.8, 4) is 0 Å². The summed E-state index contributed by atoms with van der Waals surface area (Å²) in [5.74, 6) is 0.557. The maximum Gasteiger partial charge on any atom is 0.270 e. The predicted molar refractivity (Wildman–Crippen MR) is 73.1 cm³/mol. The highest BCUT2D eigenvalue weighted by atomic mass is 32.2. The Morgan fingerprint density at radius 1 is 1.42 bits per heavy atom. The van der Waals surface area contributed by atoms with Crippen LogP contribution in [0.3, 0.4) is 0 Å². The average molecular weight is 290 g/mol. The third-order valence-electron chi connectivity index (χ3n) is 1.87. The van der Waals surface area contributed by atoms with Gasteiger partial charge in [-0.15, -0.1) is 11.8 Å². The molecule has 5 N–H and O–H groups in total. The summed E-state index contributed by atoms with van der Waals surface area (Å²) in [6.45, 7) is -0.0274. The fraction of sp³-hybridized carbons (Fsp3) is 0.455. The lowest BCUT2D eigenvalue weighted by Crippen LogP contribution is -2.22. The first-order chi connectivity index (χ1) is 9.04. The monoisotopic (exact) mass is 290 g/mol. The third-order valence-corrected chi connectivity index (χ3v) is 2.85. The summed E-state index contributed by atoms with van der Waals surface area (Å²) in [6.07, 6.45) is -0.731. The molecule has 0 aromatic heterocycles. The van der Waals surface area contributed by atoms with Crippen molar-refractivity contribution in [2.75, 3.05) is 25.5 Å². The number of non-ortho nitro benzene ring substituents is 1. The second-order valence-corrected chi connectivity index (χ2v) is 4.57. The van der Waals surface area contributed by atoms with Crippen LogP contribution in [0, 0.1) is 10.1 Å². The molecule has 1 aromatic rings. The van der Waals surface area contributed by atoms with Gasteiger partial charge >= 0.3 is 0 Å². The molecule has 0 aliphatic heterocycles. The minimum Gasteiger partial charge on any atom is -0.396 e. The highest BCUT2D eigenvalue weighted by Gasteiger charge is 2.04. The van der Waals surface area contributed by atoms with Gasteiger partial charge in [-0.2, -0.15) is 0 Å². The van der Waals surface area contributed by atoms with E-state index in [0.717, 1.165) is 4.90 Å². The zero-order valence-corrected chi connectivity index (χ0v) is 11.1. The second-order valence-electron chi connectivity index (χ2n) is 3.40. The molecule has 108 valence electrons. The van der Waals surface area contributed by atoms with Crippen LogP contribution in [0.1, 0.15) is 0 Å². The molecule has 7 nitrogen and oxygen atoms in total. The Hall–Kier alpha value is -1.19. The van der Waals surface area contributed by atoms with Crippen LogP contribution in [-0.2, 0) is 0 Å². The lowest BCUT2D eigenvalue weighted by Gasteiger charge is -1.98. The molecule has 0 spiro atoms. The maximum absolute atomic E-state index is 10.4. The molecular weight excluding hydrogens is 272 g/mol. The number of benzene rings is 1. The van der Waals surface area contributed by atoms with Crippen molar-refractivity contribution < 1.29 is 20.2 Å². The summed E-state index contributed by atoms with van der Waals surface area (Å²) < 4.78 is 0. The van der Waals surface area contributed by atoms with Gasteiger partial charge < -0.3 is 21.1 Å². The number of nitrogens with zero attached hydrogens (tertiary/aromatic N) is 1. The Kier molecular flexibility index (Phi) is 10.0. The number of rotatable bonds is 6. The second kappa shape index (κ2) is 10.7. The van der Waals surface area contributed by atoms with Gasteiger partial charge in [0.1, 0.15) is 0 Å². The first-order valence-electron chi connectivity index (χ1n) is 5.52. The summed E-state index contributed by atoms with van der Waals surface area (Å²) in [7, 11) is 0. The predicted octanol–water partition coefficient (Wildman–Crippen LogP) is -0.0225. The van der Waals surface area contributed by atoms with Crippen LogP contribution in [-0.4, -0.2) is 51.9 Å². The zero-order valence-electron chi connectivity index (χ0n) is 10.3. The lowest BCUT2D eigenvalue weighted by atomic mass is 10.3. The van der Waals surface area contributed by atoms with Crippen molar-refractivity contribution >= 4 is 17.4 Å². The van der Waals surface area contributed by atoms with Gasteiger partial charge in [0, 0.05) is 29.3 Å². The van der Waals surface area contributed by atoms with E-state index in [1.165, 1.54) is 23.9 Å². The molecule has 1 atom stereocenters. The third kappa shape index (κ3) is 8.51. The molecule has 0 aliphatic carbocycles. The van der Waals surface area contributed by atoms with Gasteiger partial charge in [-0.3, -0.25) is 10.1 Å². The molecule has 1 unspecified atom stereocenters. The number of hydrogen-bond donors (Lipinski definition) is 4. The van der Waals surface area contributed by atoms with E-state index >= 15 is 0 Å². The van der Waals surface area contributed by atoms with E-state index in [2.05, 4.69) is 0 Å². The number of nitrogens with two attached hydrogens (primary N) is 1. The SMILES string of the molecule is NCC(O)CO.O=[N+]([O-])c1cccc(SCCO)c1. The highest BCUT2D eigenvalue weighted by Crippen LogP contribution is 2.22. The average Bonchev–Trinajstić information content (AvgIpc) is 2.45. The number of hydrogen-bond acceptors (Lipinski definition) is 7. The largest absolute Gasteiger partial charge is 0.396 e. The van der Waals surface area contributed by atoms with E-state index in [1.807, 2.05) is 0 Å². The minimum atomic E-state index is -0.731. The first-order valence-corrected chi connectivity index (χ1v) is 6.50. The summed E-state index contributed by atoms with van der Waals surface area (Å²) in [6, 6.07) is 6.37. The van der Waals surface area contributed by atoms with Crippen LogP contribution in [0.25, 0.3) is 0 Å². The number of aliphatic hydroxyl groups excluding tert-OH is 3. The topological polar surface area (TPSA) is 130 Å². The highest BCUT2D eigenvalue weighted by molar-refractivity contribution is 7.99. The number of nitro benzene ring substituents is 1. The van der Waals surface area contributed by atoms with Crippen LogP contribution < -0.4 is 5.73 Å².